The Balaban J connectivity index is 2.39. The van der Waals surface area contributed by atoms with Crippen molar-refractivity contribution >= 4 is 46.4 Å². The lowest BCUT2D eigenvalue weighted by Crippen LogP contribution is -2.27. The van der Waals surface area contributed by atoms with Crippen molar-refractivity contribution in [3.8, 4) is 0 Å². The van der Waals surface area contributed by atoms with Crippen LogP contribution >= 0.6 is 34.8 Å². The third kappa shape index (κ3) is 2.94. The van der Waals surface area contributed by atoms with Crippen molar-refractivity contribution in [2.45, 2.75) is 0 Å². The summed E-state index contributed by atoms with van der Waals surface area (Å²) in [6, 6.07) is 4.68. The number of pyridine rings is 1. The quantitative estimate of drug-likeness (QED) is 0.799. The van der Waals surface area contributed by atoms with Crippen LogP contribution in [0.25, 0.3) is 0 Å². The van der Waals surface area contributed by atoms with Gasteiger partial charge in [0.05, 0.1) is 11.3 Å². The van der Waals surface area contributed by atoms with Gasteiger partial charge < -0.3 is 4.90 Å². The molecule has 0 unspecified atom stereocenters. The van der Waals surface area contributed by atoms with Gasteiger partial charge >= 0.3 is 0 Å². The molecule has 0 aromatic carbocycles. The number of anilines is 1. The van der Waals surface area contributed by atoms with E-state index in [0.29, 0.717) is 5.69 Å². The van der Waals surface area contributed by atoms with Crippen LogP contribution < -0.4 is 4.90 Å². The molecule has 0 aliphatic carbocycles. The fourth-order valence-electron chi connectivity index (χ4n) is 1.42. The van der Waals surface area contributed by atoms with E-state index in [1.165, 1.54) is 17.2 Å². The minimum absolute atomic E-state index is 0.0266. The fraction of sp³-hybridized carbons (Fsp3) is 0.0909. The van der Waals surface area contributed by atoms with Gasteiger partial charge in [0.2, 0.25) is 0 Å². The molecule has 0 fully saturated rings. The largest absolute Gasteiger partial charge is 0.308 e. The molecular formula is C11H7Cl3N4O. The summed E-state index contributed by atoms with van der Waals surface area (Å²) >= 11 is 17.5. The van der Waals surface area contributed by atoms with Gasteiger partial charge in [-0.25, -0.2) is 4.98 Å². The molecule has 0 aliphatic rings. The highest BCUT2D eigenvalue weighted by Crippen LogP contribution is 2.25. The molecule has 8 heteroatoms. The molecule has 19 heavy (non-hydrogen) atoms. The topological polar surface area (TPSA) is 59.0 Å². The Hall–Kier alpha value is -1.43. The Morgan fingerprint density at radius 1 is 1.21 bits per heavy atom. The molecule has 2 aromatic rings. The highest BCUT2D eigenvalue weighted by atomic mass is 35.5. The highest BCUT2D eigenvalue weighted by Gasteiger charge is 2.20. The first-order valence-corrected chi connectivity index (χ1v) is 6.21. The summed E-state index contributed by atoms with van der Waals surface area (Å²) in [7, 11) is 1.55. The van der Waals surface area contributed by atoms with Crippen molar-refractivity contribution in [2.24, 2.45) is 0 Å². The molecule has 5 nitrogen and oxygen atoms in total. The highest BCUT2D eigenvalue weighted by molar-refractivity contribution is 6.35. The van der Waals surface area contributed by atoms with E-state index >= 15 is 0 Å². The molecule has 0 aliphatic heterocycles. The number of halogens is 3. The maximum atomic E-state index is 12.3. The Bertz CT molecular complexity index is 635. The van der Waals surface area contributed by atoms with E-state index in [4.69, 9.17) is 34.8 Å². The second-order valence-corrected chi connectivity index (χ2v) is 4.65. The lowest BCUT2D eigenvalue weighted by atomic mass is 10.2. The molecule has 0 N–H and O–H groups in total. The molecule has 0 atom stereocenters. The number of carbonyl (C=O) groups excluding carboxylic acids is 1. The van der Waals surface area contributed by atoms with Crippen LogP contribution in [0, 0.1) is 0 Å². The standard InChI is InChI=1S/C11H7Cl3N4O/c1-18(7-3-2-4-15-10(7)14)11(19)6-5-8(12)16-17-9(6)13/h2-5H,1H3. The van der Waals surface area contributed by atoms with Crippen LogP contribution in [-0.2, 0) is 0 Å². The second kappa shape index (κ2) is 5.69. The van der Waals surface area contributed by atoms with Gasteiger partial charge in [0, 0.05) is 13.2 Å². The first-order valence-electron chi connectivity index (χ1n) is 5.08. The van der Waals surface area contributed by atoms with Crippen molar-refractivity contribution < 1.29 is 4.79 Å². The number of hydrogen-bond acceptors (Lipinski definition) is 4. The molecule has 2 heterocycles. The van der Waals surface area contributed by atoms with Crippen molar-refractivity contribution in [1.82, 2.24) is 15.2 Å². The van der Waals surface area contributed by atoms with E-state index in [2.05, 4.69) is 15.2 Å². The number of rotatable bonds is 2. The van der Waals surface area contributed by atoms with Gasteiger partial charge in [0.1, 0.15) is 0 Å². The molecule has 0 radical (unpaired) electrons. The van der Waals surface area contributed by atoms with E-state index in [9.17, 15) is 4.79 Å². The lowest BCUT2D eigenvalue weighted by molar-refractivity contribution is 0.0992. The fourth-order valence-corrected chi connectivity index (χ4v) is 1.99. The number of nitrogens with zero attached hydrogens (tertiary/aromatic N) is 4. The van der Waals surface area contributed by atoms with Crippen LogP contribution in [0.2, 0.25) is 15.5 Å². The van der Waals surface area contributed by atoms with Crippen LogP contribution in [0.15, 0.2) is 24.4 Å². The molecular weight excluding hydrogens is 311 g/mol. The smallest absolute Gasteiger partial charge is 0.261 e. The van der Waals surface area contributed by atoms with Crippen LogP contribution in [0.3, 0.4) is 0 Å². The molecule has 98 valence electrons. The van der Waals surface area contributed by atoms with Gasteiger partial charge in [-0.05, 0) is 18.2 Å². The molecule has 0 spiro atoms. The van der Waals surface area contributed by atoms with E-state index in [1.807, 2.05) is 0 Å². The normalized spacial score (nSPS) is 10.3. The summed E-state index contributed by atoms with van der Waals surface area (Å²) in [5, 5.41) is 7.40. The predicted molar refractivity (Wildman–Crippen MR) is 74.0 cm³/mol. The van der Waals surface area contributed by atoms with E-state index in [-0.39, 0.29) is 21.0 Å². The molecule has 1 amide bonds. The van der Waals surface area contributed by atoms with Gasteiger partial charge in [-0.3, -0.25) is 4.79 Å². The minimum Gasteiger partial charge on any atom is -0.308 e. The Morgan fingerprint density at radius 2 is 1.95 bits per heavy atom. The lowest BCUT2D eigenvalue weighted by Gasteiger charge is -2.18. The first kappa shape index (κ1) is 14.0. The average molecular weight is 318 g/mol. The molecule has 0 bridgehead atoms. The maximum absolute atomic E-state index is 12.3. The zero-order valence-corrected chi connectivity index (χ0v) is 11.9. The van der Waals surface area contributed by atoms with Crippen molar-refractivity contribution in [3.05, 3.63) is 45.4 Å². The average Bonchev–Trinajstić information content (AvgIpc) is 2.40. The van der Waals surface area contributed by atoms with Crippen LogP contribution in [0.1, 0.15) is 10.4 Å². The SMILES string of the molecule is CN(C(=O)c1cc(Cl)nnc1Cl)c1cccnc1Cl. The summed E-state index contributed by atoms with van der Waals surface area (Å²) in [6.07, 6.45) is 1.53. The van der Waals surface area contributed by atoms with Gasteiger partial charge in [0.25, 0.3) is 5.91 Å². The summed E-state index contributed by atoms with van der Waals surface area (Å²) in [5.41, 5.74) is 0.599. The van der Waals surface area contributed by atoms with Crippen molar-refractivity contribution in [2.75, 3.05) is 11.9 Å². The number of carbonyl (C=O) groups is 1. The third-order valence-electron chi connectivity index (χ3n) is 2.35. The van der Waals surface area contributed by atoms with Gasteiger partial charge in [-0.15, -0.1) is 10.2 Å². The van der Waals surface area contributed by atoms with Gasteiger partial charge in [-0.2, -0.15) is 0 Å². The van der Waals surface area contributed by atoms with Crippen LogP contribution in [-0.4, -0.2) is 28.1 Å². The second-order valence-electron chi connectivity index (χ2n) is 3.55. The zero-order valence-electron chi connectivity index (χ0n) is 9.64. The summed E-state index contributed by atoms with van der Waals surface area (Å²) in [6.45, 7) is 0. The first-order chi connectivity index (χ1) is 9.00. The summed E-state index contributed by atoms with van der Waals surface area (Å²) < 4.78 is 0. The zero-order chi connectivity index (χ0) is 14.0. The van der Waals surface area contributed by atoms with Gasteiger partial charge in [0.15, 0.2) is 15.5 Å². The Labute approximate surface area is 124 Å². The van der Waals surface area contributed by atoms with E-state index in [0.717, 1.165) is 0 Å². The monoisotopic (exact) mass is 316 g/mol. The molecule has 0 saturated heterocycles. The van der Waals surface area contributed by atoms with E-state index in [1.54, 1.807) is 19.2 Å². The van der Waals surface area contributed by atoms with E-state index < -0.39 is 5.91 Å². The van der Waals surface area contributed by atoms with Crippen molar-refractivity contribution in [3.63, 3.8) is 0 Å². The number of amides is 1. The molecule has 2 rings (SSSR count). The minimum atomic E-state index is -0.406. The number of hydrogen-bond donors (Lipinski definition) is 0. The molecule has 2 aromatic heterocycles. The Kier molecular flexibility index (Phi) is 4.19. The van der Waals surface area contributed by atoms with Crippen molar-refractivity contribution in [1.29, 1.82) is 0 Å². The van der Waals surface area contributed by atoms with Gasteiger partial charge in [-0.1, -0.05) is 34.8 Å². The third-order valence-corrected chi connectivity index (χ3v) is 3.11. The molecule has 0 saturated carbocycles. The van der Waals surface area contributed by atoms with Crippen LogP contribution in [0.5, 0.6) is 0 Å². The predicted octanol–water partition coefficient (Wildman–Crippen LogP) is 3.11. The summed E-state index contributed by atoms with van der Waals surface area (Å²) in [5.74, 6) is -0.406. The maximum Gasteiger partial charge on any atom is 0.261 e. The summed E-state index contributed by atoms with van der Waals surface area (Å²) in [4.78, 5) is 17.5. The van der Waals surface area contributed by atoms with Crippen LogP contribution in [0.4, 0.5) is 5.69 Å². The number of aromatic nitrogens is 3. The Morgan fingerprint density at radius 3 is 2.63 bits per heavy atom.